The van der Waals surface area contributed by atoms with E-state index in [4.69, 9.17) is 9.15 Å². The molecule has 1 aromatic carbocycles. The molecule has 0 amide bonds. The van der Waals surface area contributed by atoms with Gasteiger partial charge in [0, 0.05) is 23.7 Å². The van der Waals surface area contributed by atoms with E-state index in [1.165, 1.54) is 24.5 Å². The zero-order chi connectivity index (χ0) is 14.7. The molecule has 1 aliphatic carbocycles. The fraction of sp³-hybridized carbons (Fsp3) is 0.412. The molecule has 4 heteroatoms. The average Bonchev–Trinajstić information content (AvgIpc) is 3.23. The number of aryl methyl sites for hydroxylation is 1. The summed E-state index contributed by atoms with van der Waals surface area (Å²) in [6.45, 7) is 3.41. The molecule has 21 heavy (non-hydrogen) atoms. The van der Waals surface area contributed by atoms with Crippen LogP contribution in [0, 0.1) is 12.7 Å². The topological polar surface area (TPSA) is 34.4 Å². The van der Waals surface area contributed by atoms with Crippen molar-refractivity contribution in [2.75, 3.05) is 0 Å². The Morgan fingerprint density at radius 1 is 1.24 bits per heavy atom. The van der Waals surface area contributed by atoms with Gasteiger partial charge in [0.1, 0.15) is 23.9 Å². The van der Waals surface area contributed by atoms with Crippen molar-refractivity contribution in [1.29, 1.82) is 0 Å². The van der Waals surface area contributed by atoms with E-state index in [0.717, 1.165) is 18.1 Å². The summed E-state index contributed by atoms with van der Waals surface area (Å²) in [5.41, 5.74) is 1.74. The highest BCUT2D eigenvalue weighted by Gasteiger charge is 2.20. The molecule has 0 aliphatic heterocycles. The molecule has 2 aromatic rings. The van der Waals surface area contributed by atoms with Gasteiger partial charge >= 0.3 is 0 Å². The van der Waals surface area contributed by atoms with Gasteiger partial charge in [-0.1, -0.05) is 18.2 Å². The lowest BCUT2D eigenvalue weighted by atomic mass is 10.2. The van der Waals surface area contributed by atoms with Crippen LogP contribution in [-0.4, -0.2) is 6.04 Å². The van der Waals surface area contributed by atoms with E-state index < -0.39 is 0 Å². The lowest BCUT2D eigenvalue weighted by Gasteiger charge is -2.03. The number of ether oxygens (including phenoxy) is 1. The van der Waals surface area contributed by atoms with Gasteiger partial charge in [0.2, 0.25) is 0 Å². The summed E-state index contributed by atoms with van der Waals surface area (Å²) in [6.07, 6.45) is 2.55. The minimum absolute atomic E-state index is 0.234. The summed E-state index contributed by atoms with van der Waals surface area (Å²) in [4.78, 5) is 0. The fourth-order valence-corrected chi connectivity index (χ4v) is 2.25. The van der Waals surface area contributed by atoms with Gasteiger partial charge in [-0.25, -0.2) is 4.39 Å². The van der Waals surface area contributed by atoms with Crippen LogP contribution in [-0.2, 0) is 24.5 Å². The first-order valence-corrected chi connectivity index (χ1v) is 7.35. The highest BCUT2D eigenvalue weighted by molar-refractivity contribution is 5.21. The third-order valence-electron chi connectivity index (χ3n) is 3.69. The van der Waals surface area contributed by atoms with Gasteiger partial charge in [0.25, 0.3) is 0 Å². The Morgan fingerprint density at radius 3 is 2.81 bits per heavy atom. The second-order valence-corrected chi connectivity index (χ2v) is 5.53. The molecule has 0 spiro atoms. The number of rotatable bonds is 7. The van der Waals surface area contributed by atoms with Gasteiger partial charge in [-0.2, -0.15) is 0 Å². The summed E-state index contributed by atoms with van der Waals surface area (Å²) in [7, 11) is 0. The molecule has 0 radical (unpaired) electrons. The van der Waals surface area contributed by atoms with Crippen molar-refractivity contribution in [1.82, 2.24) is 5.32 Å². The van der Waals surface area contributed by atoms with E-state index in [2.05, 4.69) is 5.32 Å². The quantitative estimate of drug-likeness (QED) is 0.844. The van der Waals surface area contributed by atoms with Crippen molar-refractivity contribution < 1.29 is 13.5 Å². The van der Waals surface area contributed by atoms with Gasteiger partial charge < -0.3 is 14.5 Å². The number of nitrogens with one attached hydrogen (secondary N) is 1. The van der Waals surface area contributed by atoms with Crippen molar-refractivity contribution in [2.24, 2.45) is 0 Å². The Hall–Kier alpha value is -1.65. The van der Waals surface area contributed by atoms with Crippen molar-refractivity contribution in [2.45, 2.75) is 45.6 Å². The van der Waals surface area contributed by atoms with Crippen molar-refractivity contribution in [3.8, 4) is 0 Å². The van der Waals surface area contributed by atoms with E-state index in [1.807, 2.05) is 13.0 Å². The smallest absolute Gasteiger partial charge is 0.130 e. The zero-order valence-corrected chi connectivity index (χ0v) is 12.2. The lowest BCUT2D eigenvalue weighted by molar-refractivity contribution is 0.0903. The third-order valence-corrected chi connectivity index (χ3v) is 3.69. The Kier molecular flexibility index (Phi) is 4.36. The summed E-state index contributed by atoms with van der Waals surface area (Å²) >= 11 is 0. The number of hydrogen-bond acceptors (Lipinski definition) is 3. The standard InChI is InChI=1S/C17H20FNO2/c1-12-14(9-19-15-6-7-15)8-16(21-12)11-20-10-13-4-2-3-5-17(13)18/h2-5,8,15,19H,6-7,9-11H2,1H3. The molecule has 0 unspecified atom stereocenters. The van der Waals surface area contributed by atoms with Gasteiger partial charge in [-0.3, -0.25) is 0 Å². The van der Waals surface area contributed by atoms with Crippen LogP contribution in [0.15, 0.2) is 34.7 Å². The van der Waals surface area contributed by atoms with E-state index in [-0.39, 0.29) is 12.4 Å². The Morgan fingerprint density at radius 2 is 2.05 bits per heavy atom. The second-order valence-electron chi connectivity index (χ2n) is 5.53. The van der Waals surface area contributed by atoms with Gasteiger partial charge in [-0.05, 0) is 31.9 Å². The summed E-state index contributed by atoms with van der Waals surface area (Å²) in [5, 5.41) is 3.47. The molecule has 1 heterocycles. The Labute approximate surface area is 124 Å². The van der Waals surface area contributed by atoms with Crippen molar-refractivity contribution in [3.05, 3.63) is 58.8 Å². The van der Waals surface area contributed by atoms with E-state index >= 15 is 0 Å². The van der Waals surface area contributed by atoms with Crippen LogP contribution < -0.4 is 5.32 Å². The summed E-state index contributed by atoms with van der Waals surface area (Å²) in [5.74, 6) is 1.48. The minimum Gasteiger partial charge on any atom is -0.464 e. The van der Waals surface area contributed by atoms with E-state index in [0.29, 0.717) is 18.2 Å². The van der Waals surface area contributed by atoms with Crippen LogP contribution in [0.4, 0.5) is 4.39 Å². The van der Waals surface area contributed by atoms with Gasteiger partial charge in [0.15, 0.2) is 0 Å². The molecule has 112 valence electrons. The number of halogens is 1. The number of hydrogen-bond donors (Lipinski definition) is 1. The van der Waals surface area contributed by atoms with E-state index in [9.17, 15) is 4.39 Å². The highest BCUT2D eigenvalue weighted by Crippen LogP contribution is 2.21. The maximum absolute atomic E-state index is 13.5. The minimum atomic E-state index is -0.234. The molecule has 0 atom stereocenters. The molecule has 1 N–H and O–H groups in total. The zero-order valence-electron chi connectivity index (χ0n) is 12.2. The Balaban J connectivity index is 1.50. The highest BCUT2D eigenvalue weighted by atomic mass is 19.1. The first-order valence-electron chi connectivity index (χ1n) is 7.35. The van der Waals surface area contributed by atoms with Crippen LogP contribution in [0.25, 0.3) is 0 Å². The third kappa shape index (κ3) is 3.93. The van der Waals surface area contributed by atoms with Crippen LogP contribution >= 0.6 is 0 Å². The second kappa shape index (κ2) is 6.41. The maximum atomic E-state index is 13.5. The normalized spacial score (nSPS) is 14.6. The fourth-order valence-electron chi connectivity index (χ4n) is 2.25. The van der Waals surface area contributed by atoms with Crippen LogP contribution in [0.5, 0.6) is 0 Å². The number of furan rings is 1. The summed E-state index contributed by atoms with van der Waals surface area (Å²) in [6, 6.07) is 9.35. The van der Waals surface area contributed by atoms with Gasteiger partial charge in [-0.15, -0.1) is 0 Å². The summed E-state index contributed by atoms with van der Waals surface area (Å²) < 4.78 is 24.7. The van der Waals surface area contributed by atoms with Gasteiger partial charge in [0.05, 0.1) is 6.61 Å². The predicted octanol–water partition coefficient (Wildman–Crippen LogP) is 3.70. The van der Waals surface area contributed by atoms with Crippen molar-refractivity contribution >= 4 is 0 Å². The molecule has 1 saturated carbocycles. The molecule has 0 saturated heterocycles. The monoisotopic (exact) mass is 289 g/mol. The number of benzene rings is 1. The first kappa shape index (κ1) is 14.3. The first-order chi connectivity index (χ1) is 10.2. The molecule has 1 aromatic heterocycles. The van der Waals surface area contributed by atoms with Crippen LogP contribution in [0.2, 0.25) is 0 Å². The Bertz CT molecular complexity index is 605. The maximum Gasteiger partial charge on any atom is 0.130 e. The lowest BCUT2D eigenvalue weighted by Crippen LogP contribution is -2.15. The molecule has 3 rings (SSSR count). The predicted molar refractivity (Wildman–Crippen MR) is 78.2 cm³/mol. The largest absolute Gasteiger partial charge is 0.464 e. The molecular formula is C17H20FNO2. The molecule has 3 nitrogen and oxygen atoms in total. The molecular weight excluding hydrogens is 269 g/mol. The SMILES string of the molecule is Cc1oc(COCc2ccccc2F)cc1CNC1CC1. The van der Waals surface area contributed by atoms with Crippen molar-refractivity contribution in [3.63, 3.8) is 0 Å². The van der Waals surface area contributed by atoms with E-state index in [1.54, 1.807) is 18.2 Å². The molecule has 0 bridgehead atoms. The van der Waals surface area contributed by atoms with Crippen LogP contribution in [0.3, 0.4) is 0 Å². The average molecular weight is 289 g/mol. The molecule has 1 fully saturated rings. The molecule has 1 aliphatic rings. The van der Waals surface area contributed by atoms with Crippen LogP contribution in [0.1, 0.15) is 35.5 Å².